The first-order chi connectivity index (χ1) is 5.86. The molecule has 2 aliphatic rings. The maximum Gasteiger partial charge on any atom is 0.0569 e. The van der Waals surface area contributed by atoms with E-state index in [-0.39, 0.29) is 0 Å². The van der Waals surface area contributed by atoms with Gasteiger partial charge in [0.25, 0.3) is 0 Å². The fraction of sp³-hybridized carbons (Fsp3) is 1.00. The molecule has 2 fully saturated rings. The highest BCUT2D eigenvalue weighted by Crippen LogP contribution is 2.33. The molecule has 0 radical (unpaired) electrons. The Labute approximate surface area is 83.4 Å². The molecule has 0 amide bonds. The van der Waals surface area contributed by atoms with Crippen molar-refractivity contribution in [2.45, 2.75) is 18.7 Å². The van der Waals surface area contributed by atoms with Crippen molar-refractivity contribution in [2.75, 3.05) is 23.8 Å². The van der Waals surface area contributed by atoms with Gasteiger partial charge in [0.15, 0.2) is 0 Å². The third-order valence-electron chi connectivity index (χ3n) is 2.62. The summed E-state index contributed by atoms with van der Waals surface area (Å²) in [5.74, 6) is 5.96. The molecule has 2 heterocycles. The zero-order chi connectivity index (χ0) is 8.39. The zero-order valence-corrected chi connectivity index (χ0v) is 9.22. The van der Waals surface area contributed by atoms with Crippen LogP contribution in [0.5, 0.6) is 0 Å². The molecule has 2 saturated heterocycles. The van der Waals surface area contributed by atoms with E-state index in [9.17, 15) is 0 Å². The van der Waals surface area contributed by atoms with Crippen molar-refractivity contribution >= 4 is 23.5 Å². The molecule has 70 valence electrons. The van der Waals surface area contributed by atoms with Crippen molar-refractivity contribution in [2.24, 2.45) is 11.8 Å². The van der Waals surface area contributed by atoms with Gasteiger partial charge in [-0.15, -0.1) is 11.8 Å². The first-order valence-corrected chi connectivity index (χ1v) is 6.99. The second kappa shape index (κ2) is 4.25. The molecular weight excluding hydrogens is 186 g/mol. The van der Waals surface area contributed by atoms with Gasteiger partial charge in [0.2, 0.25) is 0 Å². The molecule has 12 heavy (non-hydrogen) atoms. The normalized spacial score (nSPS) is 43.2. The molecule has 2 aliphatic heterocycles. The molecule has 3 heteroatoms. The van der Waals surface area contributed by atoms with Gasteiger partial charge in [-0.05, 0) is 42.1 Å². The molecule has 0 aromatic heterocycles. The number of hydrogen-bond acceptors (Lipinski definition) is 3. The van der Waals surface area contributed by atoms with Crippen molar-refractivity contribution in [3.8, 4) is 0 Å². The minimum Gasteiger partial charge on any atom is -0.305 e. The van der Waals surface area contributed by atoms with Gasteiger partial charge in [-0.1, -0.05) is 6.92 Å². The van der Waals surface area contributed by atoms with Crippen LogP contribution in [-0.4, -0.2) is 29.2 Å². The van der Waals surface area contributed by atoms with Crippen molar-refractivity contribution in [1.82, 2.24) is 5.32 Å². The third-order valence-corrected chi connectivity index (χ3v) is 5.48. The second-order valence-corrected chi connectivity index (χ2v) is 6.22. The lowest BCUT2D eigenvalue weighted by atomic mass is 10.1. The SMILES string of the molecule is CC1CNC(C2CCSC2)SC1. The largest absolute Gasteiger partial charge is 0.305 e. The number of thioether (sulfide) groups is 2. The Morgan fingerprint density at radius 2 is 2.25 bits per heavy atom. The maximum absolute atomic E-state index is 3.66. The molecule has 0 aromatic rings. The molecular formula is C9H17NS2. The highest BCUT2D eigenvalue weighted by atomic mass is 32.2. The van der Waals surface area contributed by atoms with Gasteiger partial charge in [-0.3, -0.25) is 0 Å². The van der Waals surface area contributed by atoms with E-state index in [4.69, 9.17) is 0 Å². The van der Waals surface area contributed by atoms with Crippen molar-refractivity contribution < 1.29 is 0 Å². The van der Waals surface area contributed by atoms with E-state index in [1.54, 1.807) is 0 Å². The predicted molar refractivity (Wildman–Crippen MR) is 58.8 cm³/mol. The summed E-state index contributed by atoms with van der Waals surface area (Å²) in [6.07, 6.45) is 1.43. The van der Waals surface area contributed by atoms with E-state index in [0.717, 1.165) is 17.2 Å². The Balaban J connectivity index is 1.80. The molecule has 1 N–H and O–H groups in total. The summed E-state index contributed by atoms with van der Waals surface area (Å²) in [4.78, 5) is 0. The van der Waals surface area contributed by atoms with E-state index in [2.05, 4.69) is 35.8 Å². The van der Waals surface area contributed by atoms with Crippen LogP contribution in [0.25, 0.3) is 0 Å². The molecule has 0 spiro atoms. The molecule has 3 atom stereocenters. The first-order valence-electron chi connectivity index (χ1n) is 4.79. The second-order valence-electron chi connectivity index (χ2n) is 3.89. The molecule has 3 unspecified atom stereocenters. The summed E-state index contributed by atoms with van der Waals surface area (Å²) in [5, 5.41) is 4.43. The van der Waals surface area contributed by atoms with Crippen LogP contribution in [0, 0.1) is 11.8 Å². The quantitative estimate of drug-likeness (QED) is 0.700. The minimum atomic E-state index is 0.774. The Bertz CT molecular complexity index is 137. The van der Waals surface area contributed by atoms with E-state index >= 15 is 0 Å². The highest BCUT2D eigenvalue weighted by molar-refractivity contribution is 8.00. The highest BCUT2D eigenvalue weighted by Gasteiger charge is 2.28. The van der Waals surface area contributed by atoms with E-state index in [0.29, 0.717) is 0 Å². The van der Waals surface area contributed by atoms with Gasteiger partial charge in [0.1, 0.15) is 0 Å². The van der Waals surface area contributed by atoms with E-state index in [1.165, 1.54) is 30.2 Å². The zero-order valence-electron chi connectivity index (χ0n) is 7.58. The van der Waals surface area contributed by atoms with Gasteiger partial charge in [0, 0.05) is 0 Å². The summed E-state index contributed by atoms with van der Waals surface area (Å²) >= 11 is 4.27. The van der Waals surface area contributed by atoms with E-state index < -0.39 is 0 Å². The number of hydrogen-bond donors (Lipinski definition) is 1. The smallest absolute Gasteiger partial charge is 0.0569 e. The van der Waals surface area contributed by atoms with Crippen LogP contribution in [0.1, 0.15) is 13.3 Å². The van der Waals surface area contributed by atoms with Crippen LogP contribution in [0.3, 0.4) is 0 Å². The summed E-state index contributed by atoms with van der Waals surface area (Å²) in [5.41, 5.74) is 0. The Kier molecular flexibility index (Phi) is 3.27. The van der Waals surface area contributed by atoms with Gasteiger partial charge in [0.05, 0.1) is 5.37 Å². The van der Waals surface area contributed by atoms with Crippen LogP contribution in [0.2, 0.25) is 0 Å². The van der Waals surface area contributed by atoms with Crippen molar-refractivity contribution in [1.29, 1.82) is 0 Å². The van der Waals surface area contributed by atoms with Crippen LogP contribution >= 0.6 is 23.5 Å². The van der Waals surface area contributed by atoms with Gasteiger partial charge in [-0.25, -0.2) is 0 Å². The minimum absolute atomic E-state index is 0.774. The number of rotatable bonds is 1. The number of nitrogens with one attached hydrogen (secondary N) is 1. The summed E-state index contributed by atoms with van der Waals surface area (Å²) in [6.45, 7) is 3.57. The topological polar surface area (TPSA) is 12.0 Å². The van der Waals surface area contributed by atoms with Gasteiger partial charge < -0.3 is 5.32 Å². The molecule has 0 saturated carbocycles. The Morgan fingerprint density at radius 1 is 1.33 bits per heavy atom. The lowest BCUT2D eigenvalue weighted by molar-refractivity contribution is 0.437. The molecule has 1 nitrogen and oxygen atoms in total. The Hall–Kier alpha value is 0.660. The summed E-state index contributed by atoms with van der Waals surface area (Å²) in [7, 11) is 0. The van der Waals surface area contributed by atoms with E-state index in [1.807, 2.05) is 0 Å². The Morgan fingerprint density at radius 3 is 2.83 bits per heavy atom. The molecule has 0 bridgehead atoms. The summed E-state index contributed by atoms with van der Waals surface area (Å²) in [6, 6.07) is 0. The average Bonchev–Trinajstić information content (AvgIpc) is 2.58. The standard InChI is InChI=1S/C9H17NS2/c1-7-4-10-9(12-5-7)8-2-3-11-6-8/h7-10H,2-6H2,1H3. The average molecular weight is 203 g/mol. The van der Waals surface area contributed by atoms with Crippen molar-refractivity contribution in [3.05, 3.63) is 0 Å². The molecule has 0 aliphatic carbocycles. The predicted octanol–water partition coefficient (Wildman–Crippen LogP) is 2.04. The van der Waals surface area contributed by atoms with Crippen LogP contribution in [0.4, 0.5) is 0 Å². The maximum atomic E-state index is 3.66. The lowest BCUT2D eigenvalue weighted by Crippen LogP contribution is -2.41. The van der Waals surface area contributed by atoms with Gasteiger partial charge in [-0.2, -0.15) is 11.8 Å². The summed E-state index contributed by atoms with van der Waals surface area (Å²) < 4.78 is 0. The van der Waals surface area contributed by atoms with Gasteiger partial charge >= 0.3 is 0 Å². The first kappa shape index (κ1) is 9.22. The van der Waals surface area contributed by atoms with Crippen molar-refractivity contribution in [3.63, 3.8) is 0 Å². The van der Waals surface area contributed by atoms with Crippen LogP contribution in [0.15, 0.2) is 0 Å². The third kappa shape index (κ3) is 2.12. The van der Waals surface area contributed by atoms with Crippen LogP contribution < -0.4 is 5.32 Å². The monoisotopic (exact) mass is 203 g/mol. The van der Waals surface area contributed by atoms with Crippen LogP contribution in [-0.2, 0) is 0 Å². The fourth-order valence-electron chi connectivity index (χ4n) is 1.80. The fourth-order valence-corrected chi connectivity index (χ4v) is 4.59. The molecule has 0 aromatic carbocycles. The molecule has 2 rings (SSSR count). The lowest BCUT2D eigenvalue weighted by Gasteiger charge is -2.31.